The third-order valence-electron chi connectivity index (χ3n) is 5.61. The van der Waals surface area contributed by atoms with Crippen LogP contribution < -0.4 is 0 Å². The molecule has 0 saturated heterocycles. The average Bonchev–Trinajstić information content (AvgIpc) is 2.14. The van der Waals surface area contributed by atoms with Crippen LogP contribution in [0.3, 0.4) is 0 Å². The van der Waals surface area contributed by atoms with Crippen LogP contribution in [0.2, 0.25) is 0 Å². The first-order valence-corrected chi connectivity index (χ1v) is 7.10. The average molecular weight is 240 g/mol. The molecule has 0 spiro atoms. The number of fused-ring (bicyclic) bond motifs is 1. The second-order valence-corrected chi connectivity index (χ2v) is 7.54. The first kappa shape index (κ1) is 13.4. The molecule has 0 unspecified atom stereocenters. The SMILES string of the molecule is CC(C)(O)[C@@H]1CC[C@]2(C)CCC[C@@](C)(O)[C@H]2C1. The van der Waals surface area contributed by atoms with Gasteiger partial charge in [-0.25, -0.2) is 0 Å². The predicted molar refractivity (Wildman–Crippen MR) is 69.7 cm³/mol. The van der Waals surface area contributed by atoms with Crippen LogP contribution in [-0.4, -0.2) is 21.4 Å². The van der Waals surface area contributed by atoms with Crippen LogP contribution >= 0.6 is 0 Å². The Morgan fingerprint density at radius 1 is 1.12 bits per heavy atom. The minimum absolute atomic E-state index is 0.295. The van der Waals surface area contributed by atoms with E-state index in [2.05, 4.69) is 6.92 Å². The largest absolute Gasteiger partial charge is 0.390 e. The third-order valence-corrected chi connectivity index (χ3v) is 5.61. The molecule has 2 fully saturated rings. The molecule has 2 heteroatoms. The van der Waals surface area contributed by atoms with Crippen LogP contribution in [-0.2, 0) is 0 Å². The fourth-order valence-electron chi connectivity index (χ4n) is 4.33. The van der Waals surface area contributed by atoms with Crippen LogP contribution in [0, 0.1) is 17.3 Å². The van der Waals surface area contributed by atoms with Gasteiger partial charge in [0.2, 0.25) is 0 Å². The minimum Gasteiger partial charge on any atom is -0.390 e. The van der Waals surface area contributed by atoms with Crippen molar-refractivity contribution in [3.8, 4) is 0 Å². The van der Waals surface area contributed by atoms with Crippen molar-refractivity contribution in [3.63, 3.8) is 0 Å². The van der Waals surface area contributed by atoms with Gasteiger partial charge in [0, 0.05) is 0 Å². The van der Waals surface area contributed by atoms with Crippen molar-refractivity contribution in [2.75, 3.05) is 0 Å². The summed E-state index contributed by atoms with van der Waals surface area (Å²) in [6.45, 7) is 8.17. The molecule has 2 saturated carbocycles. The second-order valence-electron chi connectivity index (χ2n) is 7.54. The van der Waals surface area contributed by atoms with Gasteiger partial charge in [-0.1, -0.05) is 13.3 Å². The first-order valence-electron chi connectivity index (χ1n) is 7.10. The molecule has 0 aromatic carbocycles. The molecule has 2 N–H and O–H groups in total. The molecule has 2 aliphatic carbocycles. The summed E-state index contributed by atoms with van der Waals surface area (Å²) in [5, 5.41) is 20.8. The molecule has 100 valence electrons. The highest BCUT2D eigenvalue weighted by atomic mass is 16.3. The molecule has 0 aromatic rings. The van der Waals surface area contributed by atoms with Crippen molar-refractivity contribution in [3.05, 3.63) is 0 Å². The Morgan fingerprint density at radius 3 is 2.35 bits per heavy atom. The van der Waals surface area contributed by atoms with Crippen LogP contribution in [0.15, 0.2) is 0 Å². The Balaban J connectivity index is 2.20. The van der Waals surface area contributed by atoms with Crippen molar-refractivity contribution in [1.82, 2.24) is 0 Å². The summed E-state index contributed by atoms with van der Waals surface area (Å²) in [5.41, 5.74) is -0.838. The standard InChI is InChI=1S/C15H28O2/c1-13(2,16)11-6-9-14(3)7-5-8-15(4,17)12(14)10-11/h11-12,16-17H,5-10H2,1-4H3/t11-,12+,14+,15-/m1/s1. The lowest BCUT2D eigenvalue weighted by atomic mass is 9.52. The Bertz CT molecular complexity index is 290. The van der Waals surface area contributed by atoms with Gasteiger partial charge in [-0.3, -0.25) is 0 Å². The van der Waals surface area contributed by atoms with E-state index in [0.717, 1.165) is 32.1 Å². The van der Waals surface area contributed by atoms with Crippen LogP contribution in [0.5, 0.6) is 0 Å². The van der Waals surface area contributed by atoms with Crippen LogP contribution in [0.4, 0.5) is 0 Å². The minimum atomic E-state index is -0.602. The zero-order valence-corrected chi connectivity index (χ0v) is 11.8. The van der Waals surface area contributed by atoms with Crippen molar-refractivity contribution >= 4 is 0 Å². The molecule has 2 aliphatic rings. The zero-order chi connectivity index (χ0) is 12.9. The second kappa shape index (κ2) is 3.96. The van der Waals surface area contributed by atoms with E-state index in [0.29, 0.717) is 17.3 Å². The smallest absolute Gasteiger partial charge is 0.0653 e. The van der Waals surface area contributed by atoms with E-state index < -0.39 is 11.2 Å². The maximum absolute atomic E-state index is 10.6. The summed E-state index contributed by atoms with van der Waals surface area (Å²) >= 11 is 0. The van der Waals surface area contributed by atoms with Gasteiger partial charge >= 0.3 is 0 Å². The van der Waals surface area contributed by atoms with Crippen LogP contribution in [0.25, 0.3) is 0 Å². The number of hydrogen-bond donors (Lipinski definition) is 2. The molecule has 0 amide bonds. The molecule has 0 heterocycles. The van der Waals surface area contributed by atoms with Crippen molar-refractivity contribution in [1.29, 1.82) is 0 Å². The van der Waals surface area contributed by atoms with Gasteiger partial charge in [-0.15, -0.1) is 0 Å². The van der Waals surface area contributed by atoms with Gasteiger partial charge in [-0.2, -0.15) is 0 Å². The predicted octanol–water partition coefficient (Wildman–Crippen LogP) is 3.11. The maximum atomic E-state index is 10.6. The zero-order valence-electron chi connectivity index (χ0n) is 11.8. The summed E-state index contributed by atoms with van der Waals surface area (Å²) < 4.78 is 0. The van der Waals surface area contributed by atoms with Crippen molar-refractivity contribution in [2.45, 2.75) is 77.4 Å². The number of rotatable bonds is 1. The van der Waals surface area contributed by atoms with E-state index in [4.69, 9.17) is 0 Å². The highest BCUT2D eigenvalue weighted by Gasteiger charge is 2.52. The lowest BCUT2D eigenvalue weighted by molar-refractivity contribution is -0.143. The quantitative estimate of drug-likeness (QED) is 0.739. The molecule has 0 aromatic heterocycles. The fourth-order valence-corrected chi connectivity index (χ4v) is 4.33. The molecule has 0 bridgehead atoms. The Morgan fingerprint density at radius 2 is 1.76 bits per heavy atom. The van der Waals surface area contributed by atoms with Crippen molar-refractivity contribution in [2.24, 2.45) is 17.3 Å². The highest BCUT2D eigenvalue weighted by molar-refractivity contribution is 5.03. The monoisotopic (exact) mass is 240 g/mol. The molecule has 4 atom stereocenters. The fraction of sp³-hybridized carbons (Fsp3) is 1.00. The first-order chi connectivity index (χ1) is 7.65. The van der Waals surface area contributed by atoms with E-state index in [1.165, 1.54) is 6.42 Å². The summed E-state index contributed by atoms with van der Waals surface area (Å²) in [5.74, 6) is 0.694. The van der Waals surface area contributed by atoms with Gasteiger partial charge < -0.3 is 10.2 Å². The van der Waals surface area contributed by atoms with E-state index in [1.807, 2.05) is 20.8 Å². The summed E-state index contributed by atoms with van der Waals surface area (Å²) in [4.78, 5) is 0. The van der Waals surface area contributed by atoms with Gasteiger partial charge in [0.05, 0.1) is 11.2 Å². The molecular weight excluding hydrogens is 212 g/mol. The van der Waals surface area contributed by atoms with E-state index in [9.17, 15) is 10.2 Å². The molecule has 2 nitrogen and oxygen atoms in total. The summed E-state index contributed by atoms with van der Waals surface area (Å²) in [6.07, 6.45) is 6.55. The topological polar surface area (TPSA) is 40.5 Å². The molecule has 2 rings (SSSR count). The lowest BCUT2D eigenvalue weighted by Crippen LogP contribution is -2.53. The van der Waals surface area contributed by atoms with E-state index >= 15 is 0 Å². The Kier molecular flexibility index (Phi) is 3.11. The number of aliphatic hydroxyl groups is 2. The van der Waals surface area contributed by atoms with Gasteiger partial charge in [0.25, 0.3) is 0 Å². The van der Waals surface area contributed by atoms with Gasteiger partial charge in [-0.05, 0) is 70.1 Å². The van der Waals surface area contributed by atoms with Crippen LogP contribution in [0.1, 0.15) is 66.2 Å². The molecular formula is C15H28O2. The lowest BCUT2D eigenvalue weighted by Gasteiger charge is -2.55. The maximum Gasteiger partial charge on any atom is 0.0653 e. The molecule has 0 aliphatic heterocycles. The Labute approximate surface area is 105 Å². The third kappa shape index (κ3) is 2.39. The Hall–Kier alpha value is -0.0800. The molecule has 0 radical (unpaired) electrons. The van der Waals surface area contributed by atoms with Crippen molar-refractivity contribution < 1.29 is 10.2 Å². The summed E-state index contributed by atoms with van der Waals surface area (Å²) in [7, 11) is 0. The van der Waals surface area contributed by atoms with E-state index in [1.54, 1.807) is 0 Å². The number of hydrogen-bond acceptors (Lipinski definition) is 2. The van der Waals surface area contributed by atoms with Gasteiger partial charge in [0.1, 0.15) is 0 Å². The highest BCUT2D eigenvalue weighted by Crippen LogP contribution is 2.56. The normalized spacial score (nSPS) is 47.6. The summed E-state index contributed by atoms with van der Waals surface area (Å²) in [6, 6.07) is 0. The van der Waals surface area contributed by atoms with E-state index in [-0.39, 0.29) is 0 Å². The molecule has 17 heavy (non-hydrogen) atoms. The van der Waals surface area contributed by atoms with Gasteiger partial charge in [0.15, 0.2) is 0 Å².